The van der Waals surface area contributed by atoms with Gasteiger partial charge >= 0.3 is 0 Å². The molecule has 162 valence electrons. The summed E-state index contributed by atoms with van der Waals surface area (Å²) in [5.41, 5.74) is 2.03. The number of rotatable bonds is 8. The van der Waals surface area contributed by atoms with E-state index in [4.69, 9.17) is 0 Å². The van der Waals surface area contributed by atoms with Crippen LogP contribution in [0.5, 0.6) is 0 Å². The van der Waals surface area contributed by atoms with Crippen LogP contribution >= 0.6 is 0 Å². The number of benzene rings is 3. The topological polar surface area (TPSA) is 78.5 Å². The molecular formula is C23H24FN3O3S. The van der Waals surface area contributed by atoms with Crippen LogP contribution in [-0.4, -0.2) is 34.5 Å². The van der Waals surface area contributed by atoms with Crippen LogP contribution in [0.2, 0.25) is 0 Å². The number of hydrogen-bond donors (Lipinski definition) is 2. The molecule has 3 aromatic rings. The lowest BCUT2D eigenvalue weighted by molar-refractivity contribution is 0.0954. The largest absolute Gasteiger partial charge is 0.373 e. The summed E-state index contributed by atoms with van der Waals surface area (Å²) in [4.78, 5) is 14.4. The fourth-order valence-corrected chi connectivity index (χ4v) is 4.08. The second-order valence-corrected chi connectivity index (χ2v) is 8.79. The standard InChI is InChI=1S/C23H24FN3O3S/c1-17-16-21(12-13-22(17)24)31(29,30)26-19-10-8-18(9-11-19)23(28)25-14-15-27(2)20-6-4-3-5-7-20/h3-13,16,26H,14-15H2,1-2H3,(H,25,28). The van der Waals surface area contributed by atoms with Gasteiger partial charge in [-0.25, -0.2) is 12.8 Å². The number of nitrogens with zero attached hydrogens (tertiary/aromatic N) is 1. The van der Waals surface area contributed by atoms with Gasteiger partial charge in [0.25, 0.3) is 15.9 Å². The first-order valence-electron chi connectivity index (χ1n) is 9.70. The number of likely N-dealkylation sites (N-methyl/N-ethyl adjacent to an activating group) is 1. The number of sulfonamides is 1. The Kier molecular flexibility index (Phi) is 6.91. The van der Waals surface area contributed by atoms with Crippen molar-refractivity contribution in [2.75, 3.05) is 29.8 Å². The van der Waals surface area contributed by atoms with Gasteiger partial charge in [-0.2, -0.15) is 0 Å². The van der Waals surface area contributed by atoms with Crippen molar-refractivity contribution in [3.8, 4) is 0 Å². The average molecular weight is 442 g/mol. The van der Waals surface area contributed by atoms with Crippen molar-refractivity contribution >= 4 is 27.3 Å². The van der Waals surface area contributed by atoms with Gasteiger partial charge < -0.3 is 10.2 Å². The number of amides is 1. The number of carbonyl (C=O) groups is 1. The van der Waals surface area contributed by atoms with Crippen molar-refractivity contribution in [2.45, 2.75) is 11.8 Å². The summed E-state index contributed by atoms with van der Waals surface area (Å²) >= 11 is 0. The van der Waals surface area contributed by atoms with E-state index in [1.165, 1.54) is 31.2 Å². The minimum atomic E-state index is -3.86. The smallest absolute Gasteiger partial charge is 0.261 e. The molecular weight excluding hydrogens is 417 g/mol. The zero-order valence-electron chi connectivity index (χ0n) is 17.3. The van der Waals surface area contributed by atoms with Crippen LogP contribution in [0.1, 0.15) is 15.9 Å². The molecule has 3 aromatic carbocycles. The number of carbonyl (C=O) groups excluding carboxylic acids is 1. The third-order valence-electron chi connectivity index (χ3n) is 4.77. The number of nitrogens with one attached hydrogen (secondary N) is 2. The Morgan fingerprint density at radius 2 is 1.68 bits per heavy atom. The molecule has 6 nitrogen and oxygen atoms in total. The zero-order valence-corrected chi connectivity index (χ0v) is 18.1. The summed E-state index contributed by atoms with van der Waals surface area (Å²) in [5, 5.41) is 2.85. The second kappa shape index (κ2) is 9.61. The number of hydrogen-bond acceptors (Lipinski definition) is 4. The normalized spacial score (nSPS) is 11.1. The minimum absolute atomic E-state index is 0.0317. The predicted molar refractivity (Wildman–Crippen MR) is 120 cm³/mol. The van der Waals surface area contributed by atoms with Crippen LogP contribution in [0.15, 0.2) is 77.7 Å². The first-order valence-corrected chi connectivity index (χ1v) is 11.2. The van der Waals surface area contributed by atoms with Crippen molar-refractivity contribution in [3.63, 3.8) is 0 Å². The van der Waals surface area contributed by atoms with Gasteiger partial charge in [-0.3, -0.25) is 9.52 Å². The number of anilines is 2. The van der Waals surface area contributed by atoms with Gasteiger partial charge in [0.2, 0.25) is 0 Å². The van der Waals surface area contributed by atoms with Crippen LogP contribution < -0.4 is 14.9 Å². The van der Waals surface area contributed by atoms with Crippen LogP contribution in [0, 0.1) is 12.7 Å². The minimum Gasteiger partial charge on any atom is -0.373 e. The van der Waals surface area contributed by atoms with E-state index in [-0.39, 0.29) is 16.4 Å². The summed E-state index contributed by atoms with van der Waals surface area (Å²) in [7, 11) is -1.91. The van der Waals surface area contributed by atoms with Gasteiger partial charge in [0.05, 0.1) is 4.90 Å². The summed E-state index contributed by atoms with van der Waals surface area (Å²) < 4.78 is 40.8. The molecule has 0 saturated carbocycles. The zero-order chi connectivity index (χ0) is 22.4. The molecule has 0 saturated heterocycles. The van der Waals surface area contributed by atoms with Crippen molar-refractivity contribution in [3.05, 3.63) is 89.7 Å². The summed E-state index contributed by atoms with van der Waals surface area (Å²) in [6.07, 6.45) is 0. The molecule has 0 aliphatic rings. The van der Waals surface area contributed by atoms with Gasteiger partial charge in [0.15, 0.2) is 0 Å². The molecule has 0 aliphatic carbocycles. The van der Waals surface area contributed by atoms with Crippen LogP contribution in [0.25, 0.3) is 0 Å². The highest BCUT2D eigenvalue weighted by atomic mass is 32.2. The van der Waals surface area contributed by atoms with E-state index in [2.05, 4.69) is 10.0 Å². The maximum atomic E-state index is 13.4. The van der Waals surface area contributed by atoms with E-state index >= 15 is 0 Å². The molecule has 0 aromatic heterocycles. The Hall–Kier alpha value is -3.39. The van der Waals surface area contributed by atoms with Crippen molar-refractivity contribution in [2.24, 2.45) is 0 Å². The molecule has 3 rings (SSSR count). The van der Waals surface area contributed by atoms with E-state index in [0.29, 0.717) is 24.3 Å². The van der Waals surface area contributed by atoms with Crippen molar-refractivity contribution in [1.29, 1.82) is 0 Å². The lowest BCUT2D eigenvalue weighted by atomic mass is 10.2. The van der Waals surface area contributed by atoms with Gasteiger partial charge in [0.1, 0.15) is 5.82 Å². The molecule has 8 heteroatoms. The third kappa shape index (κ3) is 5.82. The third-order valence-corrected chi connectivity index (χ3v) is 6.15. The first kappa shape index (κ1) is 22.3. The Balaban J connectivity index is 1.56. The SMILES string of the molecule is Cc1cc(S(=O)(=O)Nc2ccc(C(=O)NCCN(C)c3ccccc3)cc2)ccc1F. The highest BCUT2D eigenvalue weighted by Gasteiger charge is 2.16. The van der Waals surface area contributed by atoms with Crippen molar-refractivity contribution in [1.82, 2.24) is 5.32 Å². The van der Waals surface area contributed by atoms with E-state index < -0.39 is 15.8 Å². The number of aryl methyl sites for hydroxylation is 1. The molecule has 0 spiro atoms. The molecule has 0 atom stereocenters. The Morgan fingerprint density at radius 3 is 2.32 bits per heavy atom. The summed E-state index contributed by atoms with van der Waals surface area (Å²) in [6.45, 7) is 2.60. The van der Waals surface area contributed by atoms with E-state index in [1.54, 1.807) is 12.1 Å². The van der Waals surface area contributed by atoms with Crippen LogP contribution in [0.3, 0.4) is 0 Å². The fourth-order valence-electron chi connectivity index (χ4n) is 2.94. The monoisotopic (exact) mass is 441 g/mol. The van der Waals surface area contributed by atoms with Gasteiger partial charge in [-0.05, 0) is 67.1 Å². The Labute approximate surface area is 181 Å². The molecule has 31 heavy (non-hydrogen) atoms. The molecule has 0 unspecified atom stereocenters. The van der Waals surface area contributed by atoms with Gasteiger partial charge in [-0.1, -0.05) is 18.2 Å². The van der Waals surface area contributed by atoms with E-state index in [0.717, 1.165) is 11.8 Å². The number of para-hydroxylation sites is 1. The van der Waals surface area contributed by atoms with Gasteiger partial charge in [-0.15, -0.1) is 0 Å². The van der Waals surface area contributed by atoms with Crippen molar-refractivity contribution < 1.29 is 17.6 Å². The average Bonchev–Trinajstić information content (AvgIpc) is 2.76. The summed E-state index contributed by atoms with van der Waals surface area (Å²) in [5.74, 6) is -0.714. The summed E-state index contributed by atoms with van der Waals surface area (Å²) in [6, 6.07) is 19.6. The fraction of sp³-hybridized carbons (Fsp3) is 0.174. The van der Waals surface area contributed by atoms with Gasteiger partial charge in [0, 0.05) is 37.1 Å². The molecule has 2 N–H and O–H groups in total. The van der Waals surface area contributed by atoms with Crippen LogP contribution in [0.4, 0.5) is 15.8 Å². The first-order chi connectivity index (χ1) is 14.8. The molecule has 0 heterocycles. The molecule has 0 fully saturated rings. The highest BCUT2D eigenvalue weighted by Crippen LogP contribution is 2.19. The lowest BCUT2D eigenvalue weighted by Crippen LogP contribution is -2.32. The predicted octanol–water partition coefficient (Wildman–Crippen LogP) is 3.80. The number of halogens is 1. The maximum absolute atomic E-state index is 13.4. The second-order valence-electron chi connectivity index (χ2n) is 7.11. The molecule has 0 bridgehead atoms. The Morgan fingerprint density at radius 1 is 1.00 bits per heavy atom. The Bertz CT molecular complexity index is 1150. The van der Waals surface area contributed by atoms with E-state index in [1.807, 2.05) is 42.3 Å². The quantitative estimate of drug-likeness (QED) is 0.557. The molecule has 1 amide bonds. The molecule has 0 radical (unpaired) electrons. The highest BCUT2D eigenvalue weighted by molar-refractivity contribution is 7.92. The maximum Gasteiger partial charge on any atom is 0.261 e. The lowest BCUT2D eigenvalue weighted by Gasteiger charge is -2.19. The van der Waals surface area contributed by atoms with Crippen LogP contribution in [-0.2, 0) is 10.0 Å². The van der Waals surface area contributed by atoms with E-state index in [9.17, 15) is 17.6 Å². The molecule has 0 aliphatic heterocycles.